The Hall–Kier alpha value is -3.08. The minimum absolute atomic E-state index is 0.130. The molecular formula is C33H45N3O5S. The Morgan fingerprint density at radius 2 is 1.45 bits per heavy atom. The van der Waals surface area contributed by atoms with E-state index in [1.54, 1.807) is 12.1 Å². The molecule has 3 rings (SSSR count). The summed E-state index contributed by atoms with van der Waals surface area (Å²) < 4.78 is 28.3. The number of aliphatic hydroxyl groups is 2. The molecule has 0 saturated carbocycles. The molecule has 1 amide bonds. The monoisotopic (exact) mass is 595 g/mol. The van der Waals surface area contributed by atoms with Crippen molar-refractivity contribution in [2.75, 3.05) is 13.2 Å². The fourth-order valence-electron chi connectivity index (χ4n) is 5.30. The fourth-order valence-corrected chi connectivity index (χ4v) is 7.04. The minimum Gasteiger partial charge on any atom is -0.395 e. The molecule has 3 atom stereocenters. The normalized spacial score (nSPS) is 14.1. The van der Waals surface area contributed by atoms with Crippen LogP contribution in [0.15, 0.2) is 89.8 Å². The van der Waals surface area contributed by atoms with E-state index in [4.69, 9.17) is 5.73 Å². The maximum atomic E-state index is 13.5. The van der Waals surface area contributed by atoms with Gasteiger partial charge in [0.1, 0.15) is 0 Å². The second-order valence-electron chi connectivity index (χ2n) is 10.6. The predicted octanol–water partition coefficient (Wildman–Crippen LogP) is 4.17. The Morgan fingerprint density at radius 3 is 1.93 bits per heavy atom. The summed E-state index contributed by atoms with van der Waals surface area (Å²) in [7, 11) is -3.84. The van der Waals surface area contributed by atoms with Crippen LogP contribution in [0, 0.1) is 0 Å². The molecule has 3 aromatic carbocycles. The van der Waals surface area contributed by atoms with Gasteiger partial charge >= 0.3 is 0 Å². The lowest BCUT2D eigenvalue weighted by Gasteiger charge is -2.30. The number of carbonyl (C=O) groups excluding carboxylic acids is 1. The van der Waals surface area contributed by atoms with E-state index in [-0.39, 0.29) is 42.5 Å². The number of benzene rings is 3. The van der Waals surface area contributed by atoms with Gasteiger partial charge in [-0.1, -0.05) is 86.6 Å². The number of nitrogens with one attached hydrogen (secondary N) is 1. The van der Waals surface area contributed by atoms with Gasteiger partial charge in [0.25, 0.3) is 0 Å². The highest BCUT2D eigenvalue weighted by Gasteiger charge is 2.31. The molecule has 0 saturated heterocycles. The van der Waals surface area contributed by atoms with Crippen molar-refractivity contribution in [2.24, 2.45) is 5.73 Å². The molecule has 3 aromatic rings. The zero-order valence-corrected chi connectivity index (χ0v) is 25.4. The Bertz CT molecular complexity index is 1280. The summed E-state index contributed by atoms with van der Waals surface area (Å²) in [4.78, 5) is 13.5. The van der Waals surface area contributed by atoms with E-state index >= 15 is 0 Å². The third-order valence-electron chi connectivity index (χ3n) is 7.68. The molecular weight excluding hydrogens is 550 g/mol. The van der Waals surface area contributed by atoms with Crippen LogP contribution in [0.3, 0.4) is 0 Å². The van der Waals surface area contributed by atoms with Crippen molar-refractivity contribution in [2.45, 2.75) is 81.5 Å². The number of nitrogens with two attached hydrogens (primary N) is 1. The third kappa shape index (κ3) is 8.72. The minimum atomic E-state index is -3.84. The van der Waals surface area contributed by atoms with Crippen molar-refractivity contribution in [3.05, 3.63) is 102 Å². The number of amides is 1. The van der Waals surface area contributed by atoms with Crippen molar-refractivity contribution < 1.29 is 23.4 Å². The highest BCUT2D eigenvalue weighted by atomic mass is 32.2. The fraction of sp³-hybridized carbons (Fsp3) is 0.424. The van der Waals surface area contributed by atoms with Crippen LogP contribution in [-0.4, -0.2) is 60.1 Å². The van der Waals surface area contributed by atoms with E-state index in [0.717, 1.165) is 11.1 Å². The van der Waals surface area contributed by atoms with Crippen molar-refractivity contribution in [3.8, 4) is 0 Å². The van der Waals surface area contributed by atoms with Gasteiger partial charge < -0.3 is 21.3 Å². The Labute approximate surface area is 250 Å². The standard InChI is InChI=1S/C33H45N3O5S/c1-3-22-36(42(40,41)30-20-18-25(23-37)19-21-30)29(24-38)17-11-16-28(4-2)35-33(39)32(34)31(26-12-7-5-8-13-26)27-14-9-6-10-15-27/h5-10,12-15,18-21,28-29,31-32,37-38H,3-4,11,16-17,22-24,34H2,1-2H3,(H,35,39)/t28-,29-,32-/m0/s1. The first-order chi connectivity index (χ1) is 20.3. The first-order valence-corrected chi connectivity index (χ1v) is 16.2. The third-order valence-corrected chi connectivity index (χ3v) is 9.65. The summed E-state index contributed by atoms with van der Waals surface area (Å²) in [6, 6.07) is 24.2. The first-order valence-electron chi connectivity index (χ1n) is 14.7. The Kier molecular flexibility index (Phi) is 13.2. The maximum Gasteiger partial charge on any atom is 0.243 e. The largest absolute Gasteiger partial charge is 0.395 e. The van der Waals surface area contributed by atoms with Crippen LogP contribution in [0.1, 0.15) is 68.6 Å². The van der Waals surface area contributed by atoms with E-state index in [1.165, 1.54) is 16.4 Å². The number of hydrogen-bond acceptors (Lipinski definition) is 6. The highest BCUT2D eigenvalue weighted by molar-refractivity contribution is 7.89. The summed E-state index contributed by atoms with van der Waals surface area (Å²) in [5.74, 6) is -0.539. The van der Waals surface area contributed by atoms with Crippen LogP contribution in [0.25, 0.3) is 0 Å². The van der Waals surface area contributed by atoms with E-state index in [9.17, 15) is 23.4 Å². The lowest BCUT2D eigenvalue weighted by atomic mass is 9.85. The number of rotatable bonds is 17. The van der Waals surface area contributed by atoms with Crippen molar-refractivity contribution in [3.63, 3.8) is 0 Å². The van der Waals surface area contributed by atoms with Crippen molar-refractivity contribution in [1.82, 2.24) is 9.62 Å². The molecule has 5 N–H and O–H groups in total. The summed E-state index contributed by atoms with van der Waals surface area (Å²) in [6.45, 7) is 3.69. The lowest BCUT2D eigenvalue weighted by molar-refractivity contribution is -0.123. The zero-order chi connectivity index (χ0) is 30.5. The highest BCUT2D eigenvalue weighted by Crippen LogP contribution is 2.28. The molecule has 42 heavy (non-hydrogen) atoms. The van der Waals surface area contributed by atoms with E-state index in [2.05, 4.69) is 5.32 Å². The van der Waals surface area contributed by atoms with Gasteiger partial charge in [-0.2, -0.15) is 4.31 Å². The summed E-state index contributed by atoms with van der Waals surface area (Å²) in [5, 5.41) is 22.6. The zero-order valence-electron chi connectivity index (χ0n) is 24.6. The first kappa shape index (κ1) is 33.4. The molecule has 0 aliphatic carbocycles. The summed E-state index contributed by atoms with van der Waals surface area (Å²) in [5.41, 5.74) is 9.15. The SMILES string of the molecule is CCCN([C@H](CO)CCC[C@H](CC)NC(=O)[C@@H](N)C(c1ccccc1)c1ccccc1)S(=O)(=O)c1ccc(CO)cc1. The smallest absolute Gasteiger partial charge is 0.243 e. The maximum absolute atomic E-state index is 13.5. The van der Waals surface area contributed by atoms with Gasteiger partial charge in [0.2, 0.25) is 15.9 Å². The van der Waals surface area contributed by atoms with Crippen LogP contribution >= 0.6 is 0 Å². The van der Waals surface area contributed by atoms with Crippen LogP contribution < -0.4 is 11.1 Å². The average Bonchev–Trinajstić information content (AvgIpc) is 3.02. The van der Waals surface area contributed by atoms with Crippen molar-refractivity contribution in [1.29, 1.82) is 0 Å². The number of carbonyl (C=O) groups is 1. The molecule has 228 valence electrons. The quantitative estimate of drug-likeness (QED) is 0.185. The molecule has 0 radical (unpaired) electrons. The number of sulfonamides is 1. The van der Waals surface area contributed by atoms with Crippen LogP contribution in [0.4, 0.5) is 0 Å². The number of aliphatic hydroxyl groups excluding tert-OH is 2. The van der Waals surface area contributed by atoms with Gasteiger partial charge in [-0.15, -0.1) is 0 Å². The van der Waals surface area contributed by atoms with Gasteiger partial charge in [-0.3, -0.25) is 4.79 Å². The molecule has 8 nitrogen and oxygen atoms in total. The molecule has 0 aliphatic heterocycles. The number of hydrogen-bond donors (Lipinski definition) is 4. The van der Waals surface area contributed by atoms with Crippen LogP contribution in [-0.2, 0) is 21.4 Å². The average molecular weight is 596 g/mol. The van der Waals surface area contributed by atoms with Gasteiger partial charge in [0, 0.05) is 24.5 Å². The Morgan fingerprint density at radius 1 is 0.881 bits per heavy atom. The molecule has 0 fully saturated rings. The van der Waals surface area contributed by atoms with E-state index in [0.29, 0.717) is 37.7 Å². The molecule has 0 aliphatic rings. The van der Waals surface area contributed by atoms with E-state index < -0.39 is 22.1 Å². The molecule has 9 heteroatoms. The Balaban J connectivity index is 1.67. The molecule has 0 aromatic heterocycles. The van der Waals surface area contributed by atoms with E-state index in [1.807, 2.05) is 74.5 Å². The lowest BCUT2D eigenvalue weighted by Crippen LogP contribution is -2.48. The second-order valence-corrected chi connectivity index (χ2v) is 12.5. The summed E-state index contributed by atoms with van der Waals surface area (Å²) >= 11 is 0. The molecule has 0 heterocycles. The van der Waals surface area contributed by atoms with Gasteiger partial charge in [-0.25, -0.2) is 8.42 Å². The summed E-state index contributed by atoms with van der Waals surface area (Å²) in [6.07, 6.45) is 2.97. The number of nitrogens with zero attached hydrogens (tertiary/aromatic N) is 1. The topological polar surface area (TPSA) is 133 Å². The van der Waals surface area contributed by atoms with Crippen LogP contribution in [0.5, 0.6) is 0 Å². The van der Waals surface area contributed by atoms with Gasteiger partial charge in [-0.05, 0) is 60.9 Å². The molecule has 0 spiro atoms. The van der Waals surface area contributed by atoms with Crippen LogP contribution in [0.2, 0.25) is 0 Å². The second kappa shape index (κ2) is 16.5. The molecule has 0 unspecified atom stereocenters. The molecule has 0 bridgehead atoms. The van der Waals surface area contributed by atoms with Gasteiger partial charge in [0.05, 0.1) is 24.2 Å². The van der Waals surface area contributed by atoms with Crippen molar-refractivity contribution >= 4 is 15.9 Å². The predicted molar refractivity (Wildman–Crippen MR) is 166 cm³/mol. The van der Waals surface area contributed by atoms with Gasteiger partial charge in [0.15, 0.2) is 0 Å².